The maximum atomic E-state index is 12.5. The molecular weight excluding hydrogens is 306 g/mol. The Kier molecular flexibility index (Phi) is 5.97. The number of nitrogens with one attached hydrogen (secondary N) is 1. The van der Waals surface area contributed by atoms with Crippen LogP contribution < -0.4 is 4.72 Å². The van der Waals surface area contributed by atoms with Gasteiger partial charge < -0.3 is 0 Å². The van der Waals surface area contributed by atoms with Crippen LogP contribution in [0.1, 0.15) is 49.9 Å². The summed E-state index contributed by atoms with van der Waals surface area (Å²) >= 11 is 0. The highest BCUT2D eigenvalue weighted by Gasteiger charge is 2.18. The standard InChI is InChI=1S/C19H25NO2S/c1-4-6-17-7-11-18(12-8-17)15(3)20-23(21,22)19-13-9-16(5-2)10-14-19/h7-15,20H,4-6H2,1-3H3. The first-order valence-electron chi connectivity index (χ1n) is 8.16. The summed E-state index contributed by atoms with van der Waals surface area (Å²) in [5.74, 6) is 0. The highest BCUT2D eigenvalue weighted by molar-refractivity contribution is 7.89. The highest BCUT2D eigenvalue weighted by Crippen LogP contribution is 2.18. The van der Waals surface area contributed by atoms with Crippen LogP contribution in [-0.4, -0.2) is 8.42 Å². The summed E-state index contributed by atoms with van der Waals surface area (Å²) in [7, 11) is -3.50. The van der Waals surface area contributed by atoms with Crippen LogP contribution in [0.15, 0.2) is 53.4 Å². The maximum absolute atomic E-state index is 12.5. The lowest BCUT2D eigenvalue weighted by Crippen LogP contribution is -2.26. The fourth-order valence-electron chi connectivity index (χ4n) is 2.53. The molecule has 124 valence electrons. The number of benzene rings is 2. The molecular formula is C19H25NO2S. The van der Waals surface area contributed by atoms with Gasteiger partial charge in [-0.05, 0) is 48.6 Å². The van der Waals surface area contributed by atoms with E-state index in [1.807, 2.05) is 38.1 Å². The monoisotopic (exact) mass is 331 g/mol. The Hall–Kier alpha value is -1.65. The van der Waals surface area contributed by atoms with E-state index in [2.05, 4.69) is 23.8 Å². The van der Waals surface area contributed by atoms with Crippen LogP contribution in [0.2, 0.25) is 0 Å². The Balaban J connectivity index is 2.12. The topological polar surface area (TPSA) is 46.2 Å². The van der Waals surface area contributed by atoms with E-state index in [0.717, 1.165) is 30.4 Å². The Labute approximate surface area is 139 Å². The van der Waals surface area contributed by atoms with E-state index in [9.17, 15) is 8.42 Å². The Morgan fingerprint density at radius 1 is 0.913 bits per heavy atom. The predicted molar refractivity (Wildman–Crippen MR) is 95.0 cm³/mol. The van der Waals surface area contributed by atoms with Gasteiger partial charge >= 0.3 is 0 Å². The molecule has 0 amide bonds. The number of sulfonamides is 1. The van der Waals surface area contributed by atoms with Crippen molar-refractivity contribution < 1.29 is 8.42 Å². The van der Waals surface area contributed by atoms with Crippen LogP contribution in [-0.2, 0) is 22.9 Å². The molecule has 0 spiro atoms. The normalized spacial score (nSPS) is 13.0. The summed E-state index contributed by atoms with van der Waals surface area (Å²) < 4.78 is 27.7. The molecule has 3 nitrogen and oxygen atoms in total. The SMILES string of the molecule is CCCc1ccc(C(C)NS(=O)(=O)c2ccc(CC)cc2)cc1. The summed E-state index contributed by atoms with van der Waals surface area (Å²) in [6, 6.07) is 14.9. The summed E-state index contributed by atoms with van der Waals surface area (Å²) in [5.41, 5.74) is 3.38. The van der Waals surface area contributed by atoms with Gasteiger partial charge in [-0.2, -0.15) is 0 Å². The van der Waals surface area contributed by atoms with Gasteiger partial charge in [-0.25, -0.2) is 13.1 Å². The van der Waals surface area contributed by atoms with E-state index in [1.54, 1.807) is 12.1 Å². The molecule has 1 unspecified atom stereocenters. The minimum atomic E-state index is -3.50. The highest BCUT2D eigenvalue weighted by atomic mass is 32.2. The molecule has 4 heteroatoms. The number of hydrogen-bond donors (Lipinski definition) is 1. The molecule has 0 aromatic heterocycles. The van der Waals surface area contributed by atoms with Crippen molar-refractivity contribution in [3.05, 3.63) is 65.2 Å². The van der Waals surface area contributed by atoms with E-state index in [0.29, 0.717) is 4.90 Å². The lowest BCUT2D eigenvalue weighted by atomic mass is 10.0. The van der Waals surface area contributed by atoms with Gasteiger partial charge in [-0.15, -0.1) is 0 Å². The third-order valence-corrected chi connectivity index (χ3v) is 5.55. The molecule has 0 aliphatic heterocycles. The van der Waals surface area contributed by atoms with Crippen LogP contribution in [0.25, 0.3) is 0 Å². The van der Waals surface area contributed by atoms with Crippen molar-refractivity contribution in [3.8, 4) is 0 Å². The van der Waals surface area contributed by atoms with Gasteiger partial charge in [-0.3, -0.25) is 0 Å². The second-order valence-electron chi connectivity index (χ2n) is 5.83. The van der Waals surface area contributed by atoms with Crippen molar-refractivity contribution in [2.75, 3.05) is 0 Å². The van der Waals surface area contributed by atoms with Crippen molar-refractivity contribution in [2.24, 2.45) is 0 Å². The van der Waals surface area contributed by atoms with Crippen molar-refractivity contribution in [1.82, 2.24) is 4.72 Å². The summed E-state index contributed by atoms with van der Waals surface area (Å²) in [5, 5.41) is 0. The van der Waals surface area contributed by atoms with Gasteiger partial charge in [0.1, 0.15) is 0 Å². The third-order valence-electron chi connectivity index (χ3n) is 3.99. The van der Waals surface area contributed by atoms with E-state index in [1.165, 1.54) is 5.56 Å². The average molecular weight is 331 g/mol. The van der Waals surface area contributed by atoms with E-state index >= 15 is 0 Å². The molecule has 2 aromatic carbocycles. The second-order valence-corrected chi connectivity index (χ2v) is 7.55. The largest absolute Gasteiger partial charge is 0.241 e. The fraction of sp³-hybridized carbons (Fsp3) is 0.368. The van der Waals surface area contributed by atoms with Gasteiger partial charge in [0.2, 0.25) is 10.0 Å². The van der Waals surface area contributed by atoms with Crippen molar-refractivity contribution in [2.45, 2.75) is 51.0 Å². The number of rotatable bonds is 7. The number of aryl methyl sites for hydroxylation is 2. The van der Waals surface area contributed by atoms with E-state index in [-0.39, 0.29) is 6.04 Å². The lowest BCUT2D eigenvalue weighted by Gasteiger charge is -2.15. The van der Waals surface area contributed by atoms with E-state index < -0.39 is 10.0 Å². The minimum Gasteiger partial charge on any atom is -0.207 e. The molecule has 0 heterocycles. The van der Waals surface area contributed by atoms with Crippen LogP contribution in [0.4, 0.5) is 0 Å². The molecule has 0 radical (unpaired) electrons. The van der Waals surface area contributed by atoms with Crippen LogP contribution in [0.3, 0.4) is 0 Å². The van der Waals surface area contributed by atoms with Gasteiger partial charge in [0, 0.05) is 6.04 Å². The summed E-state index contributed by atoms with van der Waals surface area (Å²) in [6.07, 6.45) is 3.05. The minimum absolute atomic E-state index is 0.262. The van der Waals surface area contributed by atoms with Gasteiger partial charge in [0.25, 0.3) is 0 Å². The zero-order valence-corrected chi connectivity index (χ0v) is 14.9. The Morgan fingerprint density at radius 2 is 1.48 bits per heavy atom. The quantitative estimate of drug-likeness (QED) is 0.825. The molecule has 0 aliphatic carbocycles. The predicted octanol–water partition coefficient (Wildman–Crippen LogP) is 4.24. The maximum Gasteiger partial charge on any atom is 0.241 e. The smallest absolute Gasteiger partial charge is 0.207 e. The van der Waals surface area contributed by atoms with Gasteiger partial charge in [0.15, 0.2) is 0 Å². The molecule has 0 fully saturated rings. The van der Waals surface area contributed by atoms with Crippen molar-refractivity contribution >= 4 is 10.0 Å². The second kappa shape index (κ2) is 7.75. The third kappa shape index (κ3) is 4.66. The first-order valence-corrected chi connectivity index (χ1v) is 9.64. The molecule has 0 bridgehead atoms. The van der Waals surface area contributed by atoms with Crippen LogP contribution in [0.5, 0.6) is 0 Å². The molecule has 23 heavy (non-hydrogen) atoms. The van der Waals surface area contributed by atoms with Crippen molar-refractivity contribution in [1.29, 1.82) is 0 Å². The molecule has 1 N–H and O–H groups in total. The molecule has 2 aromatic rings. The first-order chi connectivity index (χ1) is 11.0. The molecule has 1 atom stereocenters. The van der Waals surface area contributed by atoms with Gasteiger partial charge in [0.05, 0.1) is 4.90 Å². The first kappa shape index (κ1) is 17.7. The Morgan fingerprint density at radius 3 is 2.00 bits per heavy atom. The zero-order chi connectivity index (χ0) is 16.9. The molecule has 0 aliphatic rings. The average Bonchev–Trinajstić information content (AvgIpc) is 2.55. The van der Waals surface area contributed by atoms with Crippen LogP contribution >= 0.6 is 0 Å². The fourth-order valence-corrected chi connectivity index (χ4v) is 3.77. The van der Waals surface area contributed by atoms with E-state index in [4.69, 9.17) is 0 Å². The molecule has 0 saturated heterocycles. The van der Waals surface area contributed by atoms with Crippen LogP contribution in [0, 0.1) is 0 Å². The summed E-state index contributed by atoms with van der Waals surface area (Å²) in [4.78, 5) is 0.309. The Bertz CT molecular complexity index is 719. The van der Waals surface area contributed by atoms with Crippen molar-refractivity contribution in [3.63, 3.8) is 0 Å². The lowest BCUT2D eigenvalue weighted by molar-refractivity contribution is 0.567. The molecule has 2 rings (SSSR count). The summed E-state index contributed by atoms with van der Waals surface area (Å²) in [6.45, 7) is 6.06. The number of hydrogen-bond acceptors (Lipinski definition) is 2. The van der Waals surface area contributed by atoms with Gasteiger partial charge in [-0.1, -0.05) is 56.7 Å². The zero-order valence-electron chi connectivity index (χ0n) is 14.0. The molecule has 0 saturated carbocycles.